The minimum atomic E-state index is 0.628. The minimum Gasteiger partial charge on any atom is -0.454 e. The van der Waals surface area contributed by atoms with Crippen molar-refractivity contribution in [2.45, 2.75) is 0 Å². The SMILES string of the molecule is c1ccc(-c2nc(-c3ccccc3)nc(-c3ccc(-c4ccc(-n5c6ccccc6c6cc(-n7c8ccccc8c8ccc9c%10ccccc%10oc9c87)ccc65)cc4)cc3)n2)cc1.c1ccc(-c2nc(-c3ccccc3)nc(-c3cccc(-c4cccc(-n5c6ccccc6c6cc(-n7c8ccccc8c8ccc9c%10ccccc%10oc9c87)ccc65)c4)c3)n2)cc1. The average molecular weight is 1610 g/mol. The lowest BCUT2D eigenvalue weighted by atomic mass is 10.0. The molecule has 12 nitrogen and oxygen atoms in total. The largest absolute Gasteiger partial charge is 0.454 e. The summed E-state index contributed by atoms with van der Waals surface area (Å²) in [5, 5.41) is 14.0. The summed E-state index contributed by atoms with van der Waals surface area (Å²) in [6.45, 7) is 0. The predicted molar refractivity (Wildman–Crippen MR) is 515 cm³/mol. The second-order valence-corrected chi connectivity index (χ2v) is 32.0. The summed E-state index contributed by atoms with van der Waals surface area (Å²) >= 11 is 0. The first-order valence-corrected chi connectivity index (χ1v) is 42.4. The van der Waals surface area contributed by atoms with Gasteiger partial charge in [-0.2, -0.15) is 0 Å². The summed E-state index contributed by atoms with van der Waals surface area (Å²) in [5.41, 5.74) is 27.0. The molecule has 0 saturated carbocycles. The molecule has 588 valence electrons. The van der Waals surface area contributed by atoms with Crippen LogP contribution in [-0.2, 0) is 0 Å². The molecule has 0 radical (unpaired) electrons. The minimum absolute atomic E-state index is 0.628. The van der Waals surface area contributed by atoms with Crippen molar-refractivity contribution in [3.63, 3.8) is 0 Å². The van der Waals surface area contributed by atoms with Gasteiger partial charge in [0.2, 0.25) is 0 Å². The van der Waals surface area contributed by atoms with Crippen molar-refractivity contribution < 1.29 is 8.83 Å². The highest BCUT2D eigenvalue weighted by atomic mass is 16.3. The van der Waals surface area contributed by atoms with Crippen molar-refractivity contribution >= 4 is 131 Å². The van der Waals surface area contributed by atoms with Crippen molar-refractivity contribution in [3.8, 4) is 113 Å². The van der Waals surface area contributed by atoms with E-state index in [0.717, 1.165) is 166 Å². The molecular formula is C114H70N10O2. The first kappa shape index (κ1) is 71.7. The summed E-state index contributed by atoms with van der Waals surface area (Å²) in [5.74, 6) is 3.85. The molecule has 26 aromatic rings. The van der Waals surface area contributed by atoms with Crippen LogP contribution in [0.5, 0.6) is 0 Å². The van der Waals surface area contributed by atoms with E-state index in [4.69, 9.17) is 38.7 Å². The molecule has 12 heteroatoms. The first-order valence-electron chi connectivity index (χ1n) is 42.4. The second kappa shape index (κ2) is 29.3. The van der Waals surface area contributed by atoms with Crippen LogP contribution >= 0.6 is 0 Å². The molecule has 0 unspecified atom stereocenters. The molecule has 8 heterocycles. The molecule has 0 bridgehead atoms. The van der Waals surface area contributed by atoms with E-state index in [0.29, 0.717) is 34.9 Å². The summed E-state index contributed by atoms with van der Waals surface area (Å²) in [4.78, 5) is 29.6. The molecule has 0 aliphatic rings. The van der Waals surface area contributed by atoms with E-state index < -0.39 is 0 Å². The van der Waals surface area contributed by atoms with Gasteiger partial charge >= 0.3 is 0 Å². The number of nitrogens with zero attached hydrogens (tertiary/aromatic N) is 10. The molecule has 26 rings (SSSR count). The van der Waals surface area contributed by atoms with Crippen molar-refractivity contribution in [1.29, 1.82) is 0 Å². The number of benzene rings is 18. The molecular weight excluding hydrogens is 1540 g/mol. The van der Waals surface area contributed by atoms with Crippen LogP contribution in [0.2, 0.25) is 0 Å². The third-order valence-corrected chi connectivity index (χ3v) is 24.7. The quantitative estimate of drug-likeness (QED) is 0.118. The normalized spacial score (nSPS) is 11.8. The molecule has 126 heavy (non-hydrogen) atoms. The van der Waals surface area contributed by atoms with Crippen LogP contribution < -0.4 is 0 Å². The number of rotatable bonds is 12. The zero-order chi connectivity index (χ0) is 82.9. The maximum Gasteiger partial charge on any atom is 0.164 e. The summed E-state index contributed by atoms with van der Waals surface area (Å²) in [6.07, 6.45) is 0. The Morgan fingerprint density at radius 1 is 0.151 bits per heavy atom. The molecule has 0 saturated heterocycles. The number of aromatic nitrogens is 10. The lowest BCUT2D eigenvalue weighted by molar-refractivity contribution is 0.670. The van der Waals surface area contributed by atoms with Crippen LogP contribution in [0, 0.1) is 0 Å². The Morgan fingerprint density at radius 3 is 0.857 bits per heavy atom. The highest BCUT2D eigenvalue weighted by Gasteiger charge is 2.25. The fourth-order valence-electron chi connectivity index (χ4n) is 18.9. The molecule has 8 aromatic heterocycles. The number of hydrogen-bond acceptors (Lipinski definition) is 8. The van der Waals surface area contributed by atoms with Crippen LogP contribution in [0.25, 0.3) is 244 Å². The van der Waals surface area contributed by atoms with Gasteiger partial charge in [0, 0.05) is 121 Å². The van der Waals surface area contributed by atoms with E-state index >= 15 is 0 Å². The second-order valence-electron chi connectivity index (χ2n) is 32.0. The van der Waals surface area contributed by atoms with Gasteiger partial charge in [0.1, 0.15) is 11.2 Å². The van der Waals surface area contributed by atoms with E-state index in [1.165, 1.54) is 43.1 Å². The zero-order valence-corrected chi connectivity index (χ0v) is 67.7. The van der Waals surface area contributed by atoms with Gasteiger partial charge in [0.15, 0.2) is 46.1 Å². The van der Waals surface area contributed by atoms with Crippen LogP contribution in [0.4, 0.5) is 0 Å². The monoisotopic (exact) mass is 1610 g/mol. The van der Waals surface area contributed by atoms with Gasteiger partial charge in [-0.1, -0.05) is 309 Å². The van der Waals surface area contributed by atoms with Gasteiger partial charge in [-0.25, -0.2) is 29.9 Å². The highest BCUT2D eigenvalue weighted by Crippen LogP contribution is 2.46. The van der Waals surface area contributed by atoms with E-state index in [-0.39, 0.29) is 0 Å². The molecule has 0 atom stereocenters. The van der Waals surface area contributed by atoms with Crippen LogP contribution in [0.3, 0.4) is 0 Å². The fraction of sp³-hybridized carbons (Fsp3) is 0. The maximum atomic E-state index is 6.67. The number of fused-ring (bicyclic) bond motifs is 20. The van der Waals surface area contributed by atoms with Crippen molar-refractivity contribution in [2.24, 2.45) is 0 Å². The Kier molecular flexibility index (Phi) is 16.7. The van der Waals surface area contributed by atoms with E-state index in [2.05, 4.69) is 309 Å². The third kappa shape index (κ3) is 11.9. The maximum absolute atomic E-state index is 6.67. The number of para-hydroxylation sites is 6. The first-order chi connectivity index (χ1) is 62.5. The van der Waals surface area contributed by atoms with Gasteiger partial charge in [-0.3, -0.25) is 0 Å². The van der Waals surface area contributed by atoms with Gasteiger partial charge in [-0.05, 0) is 138 Å². The molecule has 0 amide bonds. The molecule has 0 N–H and O–H groups in total. The Hall–Kier alpha value is -17.2. The molecule has 0 aliphatic carbocycles. The van der Waals surface area contributed by atoms with E-state index in [9.17, 15) is 0 Å². The topological polar surface area (TPSA) is 123 Å². The number of furan rings is 2. The number of hydrogen-bond donors (Lipinski definition) is 0. The summed E-state index contributed by atoms with van der Waals surface area (Å²) in [6, 6.07) is 149. The van der Waals surface area contributed by atoms with Crippen LogP contribution in [0.15, 0.2) is 433 Å². The van der Waals surface area contributed by atoms with E-state index in [1.54, 1.807) is 0 Å². The van der Waals surface area contributed by atoms with Gasteiger partial charge in [-0.15, -0.1) is 0 Å². The smallest absolute Gasteiger partial charge is 0.164 e. The van der Waals surface area contributed by atoms with Crippen molar-refractivity contribution in [2.75, 3.05) is 0 Å². The Balaban J connectivity index is 0.000000137. The lowest BCUT2D eigenvalue weighted by Crippen LogP contribution is -2.00. The standard InChI is InChI=1S/2C57H35N5O/c1-3-15-36(16-4-1)55-58-56(37-17-5-2-6-18-37)60-57(59-55)40-21-13-19-38(33-40)39-20-14-22-41(34-39)61-49-26-10-8-24-44(49)48-35-42(29-32-51(48)61)62-50-27-11-7-23-43(50)46-30-31-47-45-25-9-12-28-52(45)63-54(47)53(46)62;1-3-13-38(14-4-1)55-58-56(39-15-5-2-6-16-39)60-57(59-55)40-25-23-36(24-26-40)37-27-29-41(30-28-37)61-49-20-10-8-18-44(49)48-35-42(31-34-51(48)61)62-50-21-11-7-17-43(50)46-32-33-47-45-19-9-12-22-52(45)63-54(47)53(46)62/h2*1-35H. The fourth-order valence-corrected chi connectivity index (χ4v) is 18.9. The Morgan fingerprint density at radius 2 is 0.429 bits per heavy atom. The highest BCUT2D eigenvalue weighted by molar-refractivity contribution is 6.24. The average Bonchev–Trinajstić information content (AvgIpc) is 1.56. The molecule has 0 aliphatic heterocycles. The van der Waals surface area contributed by atoms with Gasteiger partial charge in [0.05, 0.1) is 44.1 Å². The molecule has 0 fully saturated rings. The van der Waals surface area contributed by atoms with E-state index in [1.807, 2.05) is 133 Å². The zero-order valence-electron chi connectivity index (χ0n) is 67.7. The Labute approximate surface area is 721 Å². The van der Waals surface area contributed by atoms with Crippen molar-refractivity contribution in [1.82, 2.24) is 48.2 Å². The third-order valence-electron chi connectivity index (χ3n) is 24.7. The van der Waals surface area contributed by atoms with Gasteiger partial charge < -0.3 is 27.1 Å². The molecule has 18 aromatic carbocycles. The predicted octanol–water partition coefficient (Wildman–Crippen LogP) is 29.3. The van der Waals surface area contributed by atoms with Gasteiger partial charge in [0.25, 0.3) is 0 Å². The molecule has 0 spiro atoms. The van der Waals surface area contributed by atoms with Crippen LogP contribution in [0.1, 0.15) is 0 Å². The Bertz CT molecular complexity index is 8710. The lowest BCUT2D eigenvalue weighted by Gasteiger charge is -2.12. The van der Waals surface area contributed by atoms with Crippen LogP contribution in [-0.4, -0.2) is 48.2 Å². The summed E-state index contributed by atoms with van der Waals surface area (Å²) in [7, 11) is 0. The summed E-state index contributed by atoms with van der Waals surface area (Å²) < 4.78 is 22.8. The van der Waals surface area contributed by atoms with Crippen molar-refractivity contribution in [3.05, 3.63) is 425 Å².